The van der Waals surface area contributed by atoms with E-state index in [2.05, 4.69) is 4.98 Å². The molecule has 1 N–H and O–H groups in total. The van der Waals surface area contributed by atoms with E-state index in [4.69, 9.17) is 4.74 Å². The van der Waals surface area contributed by atoms with E-state index in [1.165, 1.54) is 0 Å². The Morgan fingerprint density at radius 2 is 1.79 bits per heavy atom. The lowest BCUT2D eigenvalue weighted by Gasteiger charge is -2.23. The minimum Gasteiger partial charge on any atom is -0.487 e. The number of rotatable bonds is 9. The van der Waals surface area contributed by atoms with E-state index in [0.717, 1.165) is 29.5 Å². The van der Waals surface area contributed by atoms with Gasteiger partial charge >= 0.3 is 0 Å². The lowest BCUT2D eigenvalue weighted by Crippen LogP contribution is -2.33. The fourth-order valence-electron chi connectivity index (χ4n) is 4.08. The van der Waals surface area contributed by atoms with Crippen LogP contribution in [0, 0.1) is 0 Å². The number of ether oxygens (including phenoxy) is 1. The van der Waals surface area contributed by atoms with Crippen LogP contribution in [-0.2, 0) is 16.4 Å². The molecule has 2 atom stereocenters. The summed E-state index contributed by atoms with van der Waals surface area (Å²) in [5, 5.41) is 10.5. The van der Waals surface area contributed by atoms with Gasteiger partial charge in [0.05, 0.1) is 11.0 Å². The summed E-state index contributed by atoms with van der Waals surface area (Å²) in [6.45, 7) is 3.10. The summed E-state index contributed by atoms with van der Waals surface area (Å²) in [4.78, 5) is 4.47. The molecule has 7 heteroatoms. The summed E-state index contributed by atoms with van der Waals surface area (Å²) in [6, 6.07) is 18.5. The fraction of sp³-hybridized carbons (Fsp3) is 0.346. The number of aliphatic hydroxyl groups is 1. The van der Waals surface area contributed by atoms with Crippen molar-refractivity contribution in [3.63, 3.8) is 0 Å². The van der Waals surface area contributed by atoms with Crippen LogP contribution in [0.3, 0.4) is 0 Å². The molecular formula is C26H30N2O4S. The number of hydrogen-bond acceptors (Lipinski definition) is 5. The highest BCUT2D eigenvalue weighted by atomic mass is 32.2. The summed E-state index contributed by atoms with van der Waals surface area (Å²) in [5.41, 5.74) is 2.74. The maximum atomic E-state index is 12.9. The van der Waals surface area contributed by atoms with E-state index in [1.807, 2.05) is 49.4 Å². The number of aliphatic hydroxyl groups excluding tert-OH is 1. The first-order valence-corrected chi connectivity index (χ1v) is 12.9. The standard InChI is InChI=1S/C26H30N2O4S/c1-2-25(29)26(17-20-7-6-14-27-19-20)32-23-12-10-21(11-13-23)22-8-5-9-24(18-22)33(30,31)28-15-3-4-16-28/h5-14,18-19,25-26,29H,2-4,15-17H2,1H3/t25-,26+/m1/s1. The number of nitrogens with zero attached hydrogens (tertiary/aromatic N) is 2. The second-order valence-corrected chi connectivity index (χ2v) is 10.3. The molecule has 2 aromatic carbocycles. The van der Waals surface area contributed by atoms with Gasteiger partial charge in [0.2, 0.25) is 10.0 Å². The van der Waals surface area contributed by atoms with Crippen LogP contribution in [0.5, 0.6) is 5.75 Å². The summed E-state index contributed by atoms with van der Waals surface area (Å²) in [7, 11) is -3.46. The molecule has 0 radical (unpaired) electrons. The van der Waals surface area contributed by atoms with Crippen LogP contribution in [0.4, 0.5) is 0 Å². The quantitative estimate of drug-likeness (QED) is 0.509. The van der Waals surface area contributed by atoms with Gasteiger partial charge in [0.15, 0.2) is 0 Å². The van der Waals surface area contributed by atoms with E-state index in [9.17, 15) is 13.5 Å². The Balaban J connectivity index is 1.51. The van der Waals surface area contributed by atoms with Gasteiger partial charge in [0.1, 0.15) is 11.9 Å². The highest BCUT2D eigenvalue weighted by molar-refractivity contribution is 7.89. The van der Waals surface area contributed by atoms with Crippen LogP contribution in [-0.4, -0.2) is 48.1 Å². The molecule has 3 aromatic rings. The van der Waals surface area contributed by atoms with Gasteiger partial charge in [0, 0.05) is 31.9 Å². The first-order chi connectivity index (χ1) is 16.0. The molecule has 0 bridgehead atoms. The monoisotopic (exact) mass is 466 g/mol. The van der Waals surface area contributed by atoms with Gasteiger partial charge in [-0.3, -0.25) is 4.98 Å². The lowest BCUT2D eigenvalue weighted by molar-refractivity contribution is 0.0343. The zero-order chi connectivity index (χ0) is 23.3. The molecule has 1 aliphatic rings. The molecule has 0 spiro atoms. The van der Waals surface area contributed by atoms with Crippen LogP contribution in [0.1, 0.15) is 31.7 Å². The molecule has 0 amide bonds. The Kier molecular flexibility index (Phi) is 7.42. The Morgan fingerprint density at radius 3 is 2.45 bits per heavy atom. The van der Waals surface area contributed by atoms with Crippen LogP contribution in [0.2, 0.25) is 0 Å². The molecule has 1 aliphatic heterocycles. The number of aromatic nitrogens is 1. The van der Waals surface area contributed by atoms with E-state index < -0.39 is 16.1 Å². The summed E-state index contributed by atoms with van der Waals surface area (Å²) < 4.78 is 33.5. The highest BCUT2D eigenvalue weighted by Gasteiger charge is 2.27. The normalized spacial score (nSPS) is 16.4. The average molecular weight is 467 g/mol. The first-order valence-electron chi connectivity index (χ1n) is 11.4. The molecule has 1 fully saturated rings. The Morgan fingerprint density at radius 1 is 1.03 bits per heavy atom. The van der Waals surface area contributed by atoms with E-state index in [1.54, 1.807) is 34.9 Å². The molecule has 33 heavy (non-hydrogen) atoms. The number of pyridine rings is 1. The van der Waals surface area contributed by atoms with Crippen LogP contribution >= 0.6 is 0 Å². The third-order valence-electron chi connectivity index (χ3n) is 6.02. The number of benzene rings is 2. The van der Waals surface area contributed by atoms with Crippen LogP contribution in [0.25, 0.3) is 11.1 Å². The van der Waals surface area contributed by atoms with Crippen LogP contribution < -0.4 is 4.74 Å². The fourth-order valence-corrected chi connectivity index (χ4v) is 5.65. The van der Waals surface area contributed by atoms with E-state index >= 15 is 0 Å². The summed E-state index contributed by atoms with van der Waals surface area (Å²) in [6.07, 6.45) is 5.48. The average Bonchev–Trinajstić information content (AvgIpc) is 3.40. The second-order valence-electron chi connectivity index (χ2n) is 8.36. The van der Waals surface area contributed by atoms with Crippen molar-refractivity contribution < 1.29 is 18.3 Å². The van der Waals surface area contributed by atoms with Gasteiger partial charge in [-0.15, -0.1) is 0 Å². The van der Waals surface area contributed by atoms with Gasteiger partial charge in [-0.2, -0.15) is 4.31 Å². The molecule has 4 rings (SSSR count). The van der Waals surface area contributed by atoms with Crippen molar-refractivity contribution in [3.8, 4) is 16.9 Å². The van der Waals surface area contributed by atoms with Crippen molar-refractivity contribution in [1.29, 1.82) is 0 Å². The summed E-state index contributed by atoms with van der Waals surface area (Å²) in [5.74, 6) is 0.654. The van der Waals surface area contributed by atoms with Gasteiger partial charge < -0.3 is 9.84 Å². The van der Waals surface area contributed by atoms with E-state index in [0.29, 0.717) is 36.6 Å². The molecule has 0 aliphatic carbocycles. The zero-order valence-electron chi connectivity index (χ0n) is 18.8. The summed E-state index contributed by atoms with van der Waals surface area (Å²) >= 11 is 0. The third kappa shape index (κ3) is 5.61. The SMILES string of the molecule is CC[C@@H](O)[C@H](Cc1cccnc1)Oc1ccc(-c2cccc(S(=O)(=O)N3CCCC3)c2)cc1. The van der Waals surface area contributed by atoms with Gasteiger partial charge in [-0.05, 0) is 66.3 Å². The maximum Gasteiger partial charge on any atom is 0.243 e. The topological polar surface area (TPSA) is 79.7 Å². The largest absolute Gasteiger partial charge is 0.487 e. The predicted octanol–water partition coefficient (Wildman–Crippen LogP) is 4.29. The van der Waals surface area contributed by atoms with E-state index in [-0.39, 0.29) is 6.10 Å². The molecule has 1 saturated heterocycles. The van der Waals surface area contributed by atoms with Gasteiger partial charge in [-0.1, -0.05) is 37.3 Å². The van der Waals surface area contributed by atoms with Crippen molar-refractivity contribution >= 4 is 10.0 Å². The molecule has 1 aromatic heterocycles. The number of hydrogen-bond donors (Lipinski definition) is 1. The van der Waals surface area contributed by atoms with Gasteiger partial charge in [-0.25, -0.2) is 8.42 Å². The van der Waals surface area contributed by atoms with Crippen molar-refractivity contribution in [2.45, 2.75) is 49.7 Å². The predicted molar refractivity (Wildman–Crippen MR) is 129 cm³/mol. The van der Waals surface area contributed by atoms with Crippen molar-refractivity contribution in [3.05, 3.63) is 78.6 Å². The van der Waals surface area contributed by atoms with Crippen LogP contribution in [0.15, 0.2) is 78.0 Å². The molecule has 2 heterocycles. The lowest BCUT2D eigenvalue weighted by atomic mass is 10.0. The molecule has 0 unspecified atom stereocenters. The minimum absolute atomic E-state index is 0.324. The molecule has 0 saturated carbocycles. The number of sulfonamides is 1. The second kappa shape index (κ2) is 10.5. The Labute approximate surface area is 195 Å². The molecule has 174 valence electrons. The third-order valence-corrected chi connectivity index (χ3v) is 7.91. The van der Waals surface area contributed by atoms with Crippen molar-refractivity contribution in [2.24, 2.45) is 0 Å². The van der Waals surface area contributed by atoms with Crippen molar-refractivity contribution in [2.75, 3.05) is 13.1 Å². The Hall–Kier alpha value is -2.74. The minimum atomic E-state index is -3.46. The smallest absolute Gasteiger partial charge is 0.243 e. The maximum absolute atomic E-state index is 12.9. The molecule has 6 nitrogen and oxygen atoms in total. The first kappa shape index (κ1) is 23.4. The van der Waals surface area contributed by atoms with Gasteiger partial charge in [0.25, 0.3) is 0 Å². The molecular weight excluding hydrogens is 436 g/mol. The Bertz CT molecular complexity index is 1140. The van der Waals surface area contributed by atoms with Crippen molar-refractivity contribution in [1.82, 2.24) is 9.29 Å². The highest BCUT2D eigenvalue weighted by Crippen LogP contribution is 2.28. The zero-order valence-corrected chi connectivity index (χ0v) is 19.6.